The Morgan fingerprint density at radius 1 is 1.44 bits per heavy atom. The van der Waals surface area contributed by atoms with Gasteiger partial charge in [0, 0.05) is 0 Å². The predicted molar refractivity (Wildman–Crippen MR) is 66.8 cm³/mol. The van der Waals surface area contributed by atoms with E-state index in [1.807, 2.05) is 12.2 Å². The summed E-state index contributed by atoms with van der Waals surface area (Å²) in [6.45, 7) is 7.07. The number of hydrogen-bond acceptors (Lipinski definition) is 2. The van der Waals surface area contributed by atoms with Gasteiger partial charge in [-0.05, 0) is 23.5 Å². The molecule has 4 heteroatoms. The monoisotopic (exact) mass is 223 g/mol. The van der Waals surface area contributed by atoms with Gasteiger partial charge in [-0.25, -0.2) is 4.99 Å². The summed E-state index contributed by atoms with van der Waals surface area (Å²) in [5.74, 6) is 0.116. The average molecular weight is 223 g/mol. The molecule has 0 radical (unpaired) electrons. The van der Waals surface area contributed by atoms with Gasteiger partial charge in [-0.15, -0.1) is 0 Å². The van der Waals surface area contributed by atoms with Crippen molar-refractivity contribution in [2.75, 3.05) is 6.54 Å². The van der Waals surface area contributed by atoms with E-state index in [9.17, 15) is 0 Å². The first kappa shape index (κ1) is 12.6. The van der Waals surface area contributed by atoms with Crippen LogP contribution in [0.25, 0.3) is 0 Å². The van der Waals surface area contributed by atoms with Crippen LogP contribution in [-0.2, 0) is 4.74 Å². The third kappa shape index (κ3) is 4.38. The SMILES string of the molecule is CC(C)(C)CC1OC=CC=C1CN=C(N)N. The second-order valence-corrected chi connectivity index (χ2v) is 5.20. The molecule has 1 atom stereocenters. The molecular weight excluding hydrogens is 202 g/mol. The molecular formula is C12H21N3O. The summed E-state index contributed by atoms with van der Waals surface area (Å²) < 4.78 is 5.60. The predicted octanol–water partition coefficient (Wildman–Crippen LogP) is 1.53. The molecule has 90 valence electrons. The molecule has 1 aliphatic heterocycles. The highest BCUT2D eigenvalue weighted by Gasteiger charge is 2.23. The molecule has 4 N–H and O–H groups in total. The standard InChI is InChI=1S/C12H21N3O/c1-12(2,3)7-10-9(5-4-6-16-10)8-15-11(13)14/h4-6,10H,7-8H2,1-3H3,(H4,13,14,15). The number of allylic oxidation sites excluding steroid dienone is 2. The molecule has 1 rings (SSSR count). The zero-order valence-electron chi connectivity index (χ0n) is 10.2. The van der Waals surface area contributed by atoms with Crippen molar-refractivity contribution in [2.24, 2.45) is 21.9 Å². The molecule has 0 aromatic carbocycles. The Morgan fingerprint density at radius 3 is 2.69 bits per heavy atom. The number of hydrogen-bond donors (Lipinski definition) is 2. The zero-order valence-corrected chi connectivity index (χ0v) is 10.2. The van der Waals surface area contributed by atoms with Crippen molar-refractivity contribution in [2.45, 2.75) is 33.3 Å². The maximum atomic E-state index is 5.60. The lowest BCUT2D eigenvalue weighted by Crippen LogP contribution is -2.27. The van der Waals surface area contributed by atoms with Crippen LogP contribution in [0.3, 0.4) is 0 Å². The molecule has 0 amide bonds. The Bertz CT molecular complexity index is 320. The number of ether oxygens (including phenoxy) is 1. The van der Waals surface area contributed by atoms with E-state index in [0.717, 1.165) is 12.0 Å². The van der Waals surface area contributed by atoms with Crippen LogP contribution in [0.4, 0.5) is 0 Å². The second-order valence-electron chi connectivity index (χ2n) is 5.20. The van der Waals surface area contributed by atoms with Crippen molar-refractivity contribution < 1.29 is 4.74 Å². The summed E-state index contributed by atoms with van der Waals surface area (Å²) in [6, 6.07) is 0. The summed E-state index contributed by atoms with van der Waals surface area (Å²) >= 11 is 0. The molecule has 0 aliphatic carbocycles. The number of rotatable bonds is 3. The molecule has 1 aliphatic rings. The first-order valence-corrected chi connectivity index (χ1v) is 5.45. The topological polar surface area (TPSA) is 73.6 Å². The Kier molecular flexibility index (Phi) is 3.99. The van der Waals surface area contributed by atoms with E-state index in [0.29, 0.717) is 6.54 Å². The molecule has 0 saturated carbocycles. The van der Waals surface area contributed by atoms with Crippen molar-refractivity contribution in [3.8, 4) is 0 Å². The minimum absolute atomic E-state index is 0.0769. The normalized spacial score (nSPS) is 19.9. The van der Waals surface area contributed by atoms with Gasteiger partial charge in [0.2, 0.25) is 0 Å². The quantitative estimate of drug-likeness (QED) is 0.563. The van der Waals surface area contributed by atoms with E-state index in [2.05, 4.69) is 25.8 Å². The summed E-state index contributed by atoms with van der Waals surface area (Å²) in [5.41, 5.74) is 12.0. The van der Waals surface area contributed by atoms with E-state index >= 15 is 0 Å². The van der Waals surface area contributed by atoms with Crippen LogP contribution in [0.2, 0.25) is 0 Å². The van der Waals surface area contributed by atoms with Crippen LogP contribution in [-0.4, -0.2) is 18.6 Å². The van der Waals surface area contributed by atoms with Crippen molar-refractivity contribution in [1.82, 2.24) is 0 Å². The largest absolute Gasteiger partial charge is 0.494 e. The Hall–Kier alpha value is -1.45. The van der Waals surface area contributed by atoms with E-state index in [1.165, 1.54) is 0 Å². The van der Waals surface area contributed by atoms with Gasteiger partial charge in [0.25, 0.3) is 0 Å². The maximum absolute atomic E-state index is 5.60. The molecule has 0 fully saturated rings. The van der Waals surface area contributed by atoms with Crippen molar-refractivity contribution in [3.05, 3.63) is 24.0 Å². The minimum atomic E-state index is 0.0769. The van der Waals surface area contributed by atoms with Crippen LogP contribution in [0, 0.1) is 5.41 Å². The Balaban J connectivity index is 2.67. The molecule has 0 aromatic rings. The van der Waals surface area contributed by atoms with E-state index in [-0.39, 0.29) is 17.5 Å². The molecule has 16 heavy (non-hydrogen) atoms. The van der Waals surface area contributed by atoms with Crippen LogP contribution < -0.4 is 11.5 Å². The lowest BCUT2D eigenvalue weighted by Gasteiger charge is -2.28. The van der Waals surface area contributed by atoms with Gasteiger partial charge in [0.05, 0.1) is 12.8 Å². The van der Waals surface area contributed by atoms with Crippen LogP contribution in [0.1, 0.15) is 27.2 Å². The first-order chi connectivity index (χ1) is 7.38. The fourth-order valence-electron chi connectivity index (χ4n) is 1.57. The summed E-state index contributed by atoms with van der Waals surface area (Å²) in [6.07, 6.45) is 6.63. The number of nitrogens with two attached hydrogens (primary N) is 2. The lowest BCUT2D eigenvalue weighted by atomic mass is 9.86. The van der Waals surface area contributed by atoms with Crippen molar-refractivity contribution in [1.29, 1.82) is 0 Å². The molecule has 0 aromatic heterocycles. The van der Waals surface area contributed by atoms with E-state index in [1.54, 1.807) is 6.26 Å². The molecule has 4 nitrogen and oxygen atoms in total. The first-order valence-electron chi connectivity index (χ1n) is 5.45. The van der Waals surface area contributed by atoms with Crippen LogP contribution in [0.5, 0.6) is 0 Å². The highest BCUT2D eigenvalue weighted by atomic mass is 16.5. The minimum Gasteiger partial charge on any atom is -0.494 e. The number of nitrogens with zero attached hydrogens (tertiary/aromatic N) is 1. The highest BCUT2D eigenvalue weighted by molar-refractivity contribution is 5.75. The van der Waals surface area contributed by atoms with Crippen LogP contribution in [0.15, 0.2) is 29.0 Å². The maximum Gasteiger partial charge on any atom is 0.186 e. The fourth-order valence-corrected chi connectivity index (χ4v) is 1.57. The van der Waals surface area contributed by atoms with Gasteiger partial charge in [-0.2, -0.15) is 0 Å². The summed E-state index contributed by atoms with van der Waals surface area (Å²) in [7, 11) is 0. The summed E-state index contributed by atoms with van der Waals surface area (Å²) in [5, 5.41) is 0. The molecule has 0 bridgehead atoms. The lowest BCUT2D eigenvalue weighted by molar-refractivity contribution is 0.123. The fraction of sp³-hybridized carbons (Fsp3) is 0.583. The van der Waals surface area contributed by atoms with E-state index < -0.39 is 0 Å². The number of guanidine groups is 1. The third-order valence-corrected chi connectivity index (χ3v) is 2.29. The van der Waals surface area contributed by atoms with Gasteiger partial charge in [0.1, 0.15) is 6.10 Å². The van der Waals surface area contributed by atoms with Gasteiger partial charge >= 0.3 is 0 Å². The van der Waals surface area contributed by atoms with Gasteiger partial charge in [-0.1, -0.05) is 26.8 Å². The zero-order chi connectivity index (χ0) is 12.2. The second kappa shape index (κ2) is 5.05. The van der Waals surface area contributed by atoms with Crippen molar-refractivity contribution in [3.63, 3.8) is 0 Å². The smallest absolute Gasteiger partial charge is 0.186 e. The van der Waals surface area contributed by atoms with Crippen molar-refractivity contribution >= 4 is 5.96 Å². The third-order valence-electron chi connectivity index (χ3n) is 2.29. The van der Waals surface area contributed by atoms with Gasteiger partial charge < -0.3 is 16.2 Å². The Morgan fingerprint density at radius 2 is 2.12 bits per heavy atom. The summed E-state index contributed by atoms with van der Waals surface area (Å²) in [4.78, 5) is 4.02. The Labute approximate surface area is 97.1 Å². The molecule has 0 saturated heterocycles. The number of aliphatic imine (C=N–C) groups is 1. The molecule has 1 heterocycles. The highest BCUT2D eigenvalue weighted by Crippen LogP contribution is 2.27. The van der Waals surface area contributed by atoms with Gasteiger partial charge in [-0.3, -0.25) is 0 Å². The molecule has 0 spiro atoms. The average Bonchev–Trinajstić information content (AvgIpc) is 2.14. The van der Waals surface area contributed by atoms with Crippen LogP contribution >= 0.6 is 0 Å². The van der Waals surface area contributed by atoms with Gasteiger partial charge in [0.15, 0.2) is 5.96 Å². The molecule has 1 unspecified atom stereocenters. The van der Waals surface area contributed by atoms with E-state index in [4.69, 9.17) is 16.2 Å².